The van der Waals surface area contributed by atoms with Gasteiger partial charge in [0.15, 0.2) is 0 Å². The van der Waals surface area contributed by atoms with Crippen LogP contribution >= 0.6 is 27.3 Å². The first-order valence-corrected chi connectivity index (χ1v) is 5.53. The van der Waals surface area contributed by atoms with Crippen LogP contribution in [0.25, 0.3) is 0 Å². The Bertz CT molecular complexity index is 255. The fourth-order valence-electron chi connectivity index (χ4n) is 0.875. The van der Waals surface area contributed by atoms with E-state index in [2.05, 4.69) is 40.2 Å². The zero-order valence-electron chi connectivity index (χ0n) is 6.79. The van der Waals surface area contributed by atoms with Crippen LogP contribution in [0.3, 0.4) is 0 Å². The summed E-state index contributed by atoms with van der Waals surface area (Å²) in [6.07, 6.45) is 6.31. The van der Waals surface area contributed by atoms with Crippen LogP contribution in [0.2, 0.25) is 0 Å². The molecular formula is C9H12BrNS. The zero-order chi connectivity index (χ0) is 8.81. The maximum absolute atomic E-state index is 5.36. The third kappa shape index (κ3) is 3.52. The predicted molar refractivity (Wildman–Crippen MR) is 58.5 cm³/mol. The molecule has 0 aromatic carbocycles. The Balaban J connectivity index is 2.33. The molecule has 1 aromatic rings. The molecule has 1 aromatic heterocycles. The van der Waals surface area contributed by atoms with Crippen molar-refractivity contribution >= 4 is 27.3 Å². The van der Waals surface area contributed by atoms with Crippen LogP contribution in [-0.4, -0.2) is 6.54 Å². The Morgan fingerprint density at radius 2 is 2.25 bits per heavy atom. The molecule has 66 valence electrons. The van der Waals surface area contributed by atoms with Gasteiger partial charge in [0.05, 0.1) is 3.79 Å². The van der Waals surface area contributed by atoms with Gasteiger partial charge in [-0.2, -0.15) is 0 Å². The molecule has 0 aliphatic carbocycles. The third-order valence-corrected chi connectivity index (χ3v) is 3.09. The van der Waals surface area contributed by atoms with E-state index in [1.54, 1.807) is 11.3 Å². The Morgan fingerprint density at radius 3 is 2.83 bits per heavy atom. The van der Waals surface area contributed by atoms with Gasteiger partial charge in [0.25, 0.3) is 0 Å². The summed E-state index contributed by atoms with van der Waals surface area (Å²) < 4.78 is 1.20. The van der Waals surface area contributed by atoms with Gasteiger partial charge in [-0.1, -0.05) is 12.2 Å². The molecule has 12 heavy (non-hydrogen) atoms. The van der Waals surface area contributed by atoms with E-state index in [-0.39, 0.29) is 0 Å². The minimum absolute atomic E-state index is 0.741. The van der Waals surface area contributed by atoms with Crippen molar-refractivity contribution in [3.8, 4) is 0 Å². The van der Waals surface area contributed by atoms with E-state index >= 15 is 0 Å². The summed E-state index contributed by atoms with van der Waals surface area (Å²) in [5, 5.41) is 0. The van der Waals surface area contributed by atoms with Crippen molar-refractivity contribution in [1.82, 2.24) is 0 Å². The molecule has 0 unspecified atom stereocenters. The lowest BCUT2D eigenvalue weighted by Crippen LogP contribution is -1.95. The first-order chi connectivity index (χ1) is 5.83. The molecule has 0 amide bonds. The molecule has 1 heterocycles. The summed E-state index contributed by atoms with van der Waals surface area (Å²) in [6, 6.07) is 4.22. The molecule has 0 spiro atoms. The number of hydrogen-bond donors (Lipinski definition) is 1. The van der Waals surface area contributed by atoms with E-state index in [0.29, 0.717) is 0 Å². The maximum Gasteiger partial charge on any atom is 0.0701 e. The summed E-state index contributed by atoms with van der Waals surface area (Å²) in [4.78, 5) is 1.38. The number of hydrogen-bond acceptors (Lipinski definition) is 2. The molecule has 1 nitrogen and oxygen atoms in total. The highest BCUT2D eigenvalue weighted by atomic mass is 79.9. The van der Waals surface area contributed by atoms with Crippen LogP contribution in [0.4, 0.5) is 0 Å². The van der Waals surface area contributed by atoms with Crippen LogP contribution in [-0.2, 0) is 6.42 Å². The van der Waals surface area contributed by atoms with Crippen molar-refractivity contribution in [2.45, 2.75) is 12.8 Å². The van der Waals surface area contributed by atoms with Gasteiger partial charge in [-0.3, -0.25) is 0 Å². The van der Waals surface area contributed by atoms with Crippen molar-refractivity contribution in [2.75, 3.05) is 6.54 Å². The van der Waals surface area contributed by atoms with E-state index in [1.165, 1.54) is 8.66 Å². The van der Waals surface area contributed by atoms with Crippen LogP contribution in [0, 0.1) is 0 Å². The highest BCUT2D eigenvalue weighted by Gasteiger charge is 1.93. The van der Waals surface area contributed by atoms with Crippen LogP contribution in [0.5, 0.6) is 0 Å². The van der Waals surface area contributed by atoms with E-state index in [1.807, 2.05) is 0 Å². The lowest BCUT2D eigenvalue weighted by Gasteiger charge is -1.87. The highest BCUT2D eigenvalue weighted by molar-refractivity contribution is 9.11. The second kappa shape index (κ2) is 5.51. The maximum atomic E-state index is 5.36. The van der Waals surface area contributed by atoms with Gasteiger partial charge in [-0.25, -0.2) is 0 Å². The quantitative estimate of drug-likeness (QED) is 0.812. The van der Waals surface area contributed by atoms with Crippen LogP contribution in [0.15, 0.2) is 28.1 Å². The number of halogens is 1. The fraction of sp³-hybridized carbons (Fsp3) is 0.333. The summed E-state index contributed by atoms with van der Waals surface area (Å²) in [5.41, 5.74) is 5.36. The molecule has 0 radical (unpaired) electrons. The van der Waals surface area contributed by atoms with Gasteiger partial charge in [0.1, 0.15) is 0 Å². The molecule has 0 atom stereocenters. The molecule has 0 fully saturated rings. The van der Waals surface area contributed by atoms with E-state index in [0.717, 1.165) is 19.4 Å². The summed E-state index contributed by atoms with van der Waals surface area (Å²) >= 11 is 5.21. The Labute approximate surface area is 85.4 Å². The number of nitrogens with two attached hydrogens (primary N) is 1. The normalized spacial score (nSPS) is 11.2. The van der Waals surface area contributed by atoms with E-state index in [9.17, 15) is 0 Å². The number of allylic oxidation sites excluding steroid dienone is 1. The minimum atomic E-state index is 0.741. The molecule has 0 aliphatic heterocycles. The van der Waals surface area contributed by atoms with Gasteiger partial charge >= 0.3 is 0 Å². The predicted octanol–water partition coefficient (Wildman–Crippen LogP) is 2.96. The third-order valence-electron chi connectivity index (χ3n) is 1.45. The summed E-state index contributed by atoms with van der Waals surface area (Å²) in [7, 11) is 0. The van der Waals surface area contributed by atoms with Crippen molar-refractivity contribution in [1.29, 1.82) is 0 Å². The average Bonchev–Trinajstić information content (AvgIpc) is 2.45. The standard InChI is InChI=1S/C9H12BrNS/c10-9-6-5-8(12-9)4-2-1-3-7-11/h1-2,5-6H,3-4,7,11H2. The summed E-state index contributed by atoms with van der Waals surface area (Å²) in [5.74, 6) is 0. The zero-order valence-corrected chi connectivity index (χ0v) is 9.20. The van der Waals surface area contributed by atoms with Crippen molar-refractivity contribution < 1.29 is 0 Å². The molecular weight excluding hydrogens is 234 g/mol. The second-order valence-corrected chi connectivity index (χ2v) is 5.01. The SMILES string of the molecule is NCCC=CCc1ccc(Br)s1. The molecule has 0 saturated heterocycles. The fourth-order valence-corrected chi connectivity index (χ4v) is 2.33. The molecule has 0 aliphatic rings. The van der Waals surface area contributed by atoms with E-state index in [4.69, 9.17) is 5.73 Å². The van der Waals surface area contributed by atoms with Gasteiger partial charge < -0.3 is 5.73 Å². The minimum Gasteiger partial charge on any atom is -0.330 e. The first-order valence-electron chi connectivity index (χ1n) is 3.92. The van der Waals surface area contributed by atoms with E-state index < -0.39 is 0 Å². The molecule has 3 heteroatoms. The monoisotopic (exact) mass is 245 g/mol. The first kappa shape index (κ1) is 9.96. The highest BCUT2D eigenvalue weighted by Crippen LogP contribution is 2.22. The van der Waals surface area contributed by atoms with Crippen molar-refractivity contribution in [3.63, 3.8) is 0 Å². The number of thiophene rings is 1. The van der Waals surface area contributed by atoms with Gasteiger partial charge in [0, 0.05) is 4.88 Å². The van der Waals surface area contributed by atoms with Crippen LogP contribution in [0.1, 0.15) is 11.3 Å². The van der Waals surface area contributed by atoms with Crippen molar-refractivity contribution in [2.24, 2.45) is 5.73 Å². The van der Waals surface area contributed by atoms with Gasteiger partial charge in [-0.05, 0) is 47.4 Å². The Kier molecular flexibility index (Phi) is 4.58. The summed E-state index contributed by atoms with van der Waals surface area (Å²) in [6.45, 7) is 0.741. The molecule has 1 rings (SSSR count). The second-order valence-electron chi connectivity index (χ2n) is 2.46. The smallest absolute Gasteiger partial charge is 0.0701 e. The Morgan fingerprint density at radius 1 is 1.42 bits per heavy atom. The lowest BCUT2D eigenvalue weighted by atomic mass is 10.3. The number of rotatable bonds is 4. The van der Waals surface area contributed by atoms with Gasteiger partial charge in [0.2, 0.25) is 0 Å². The largest absolute Gasteiger partial charge is 0.330 e. The van der Waals surface area contributed by atoms with Crippen LogP contribution < -0.4 is 5.73 Å². The molecule has 2 N–H and O–H groups in total. The topological polar surface area (TPSA) is 26.0 Å². The van der Waals surface area contributed by atoms with Gasteiger partial charge in [-0.15, -0.1) is 11.3 Å². The van der Waals surface area contributed by atoms with Crippen molar-refractivity contribution in [3.05, 3.63) is 32.9 Å². The molecule has 0 saturated carbocycles. The Hall–Kier alpha value is -0.120. The molecule has 0 bridgehead atoms. The lowest BCUT2D eigenvalue weighted by molar-refractivity contribution is 1.00. The average molecular weight is 246 g/mol.